The quantitative estimate of drug-likeness (QED) is 0.721. The maximum atomic E-state index is 11.9. The molecule has 108 valence electrons. The average Bonchev–Trinajstić information content (AvgIpc) is 3.01. The average molecular weight is 320 g/mol. The summed E-state index contributed by atoms with van der Waals surface area (Å²) in [6.45, 7) is 0.367. The van der Waals surface area contributed by atoms with Gasteiger partial charge in [0.1, 0.15) is 0 Å². The number of nitrogens with two attached hydrogens (primary N) is 1. The molecule has 3 N–H and O–H groups in total. The number of nitrogens with one attached hydrogen (secondary N) is 1. The molecule has 0 aliphatic heterocycles. The first-order valence-corrected chi connectivity index (χ1v) is 7.91. The van der Waals surface area contributed by atoms with E-state index in [2.05, 4.69) is 10.3 Å². The van der Waals surface area contributed by atoms with E-state index in [0.29, 0.717) is 17.4 Å². The Kier molecular flexibility index (Phi) is 3.72. The first-order chi connectivity index (χ1) is 10.1. The molecule has 2 heterocycles. The van der Waals surface area contributed by atoms with Crippen LogP contribution in [0, 0.1) is 0 Å². The summed E-state index contributed by atoms with van der Waals surface area (Å²) >= 11 is 2.49. The van der Waals surface area contributed by atoms with Gasteiger partial charge in [-0.3, -0.25) is 9.59 Å². The van der Waals surface area contributed by atoms with Gasteiger partial charge in [-0.2, -0.15) is 0 Å². The van der Waals surface area contributed by atoms with Crippen molar-refractivity contribution in [2.75, 3.05) is 11.1 Å². The monoisotopic (exact) mass is 320 g/mol. The van der Waals surface area contributed by atoms with Crippen LogP contribution in [0.5, 0.6) is 0 Å². The van der Waals surface area contributed by atoms with Gasteiger partial charge in [0.15, 0.2) is 5.13 Å². The fraction of sp³-hybridized carbons (Fsp3) is 0.154. The second kappa shape index (κ2) is 5.66. The number of carbonyl (C=O) groups excluding carboxylic acids is 1. The van der Waals surface area contributed by atoms with E-state index in [-0.39, 0.29) is 17.2 Å². The lowest BCUT2D eigenvalue weighted by Crippen LogP contribution is -2.18. The summed E-state index contributed by atoms with van der Waals surface area (Å²) in [4.78, 5) is 27.5. The summed E-state index contributed by atoms with van der Waals surface area (Å²) in [5.41, 5.74) is 7.18. The molecule has 2 aromatic heterocycles. The standard InChI is InChI=1S/C13H12N4O2S2/c14-8-1-2-9-10(7-8)21-12(15-9)16-11(18)3-4-17-5-6-20-13(17)19/h1-2,5-7H,3-4,14H2,(H,15,16,18). The number of nitrogen functional groups attached to an aromatic ring is 1. The molecule has 0 bridgehead atoms. The normalized spacial score (nSPS) is 10.9. The summed E-state index contributed by atoms with van der Waals surface area (Å²) in [6.07, 6.45) is 1.91. The zero-order valence-corrected chi connectivity index (χ0v) is 12.5. The molecule has 0 spiro atoms. The van der Waals surface area contributed by atoms with Crippen molar-refractivity contribution in [3.05, 3.63) is 39.4 Å². The molecule has 6 nitrogen and oxygen atoms in total. The van der Waals surface area contributed by atoms with Crippen LogP contribution in [0.25, 0.3) is 10.2 Å². The van der Waals surface area contributed by atoms with Gasteiger partial charge >= 0.3 is 4.87 Å². The summed E-state index contributed by atoms with van der Waals surface area (Å²) in [7, 11) is 0. The van der Waals surface area contributed by atoms with Crippen molar-refractivity contribution in [2.45, 2.75) is 13.0 Å². The van der Waals surface area contributed by atoms with Crippen molar-refractivity contribution >= 4 is 49.6 Å². The number of carbonyl (C=O) groups is 1. The highest BCUT2D eigenvalue weighted by molar-refractivity contribution is 7.22. The number of anilines is 2. The summed E-state index contributed by atoms with van der Waals surface area (Å²) < 4.78 is 2.45. The third-order valence-electron chi connectivity index (χ3n) is 2.88. The highest BCUT2D eigenvalue weighted by Crippen LogP contribution is 2.27. The minimum atomic E-state index is -0.167. The van der Waals surface area contributed by atoms with E-state index in [9.17, 15) is 9.59 Å². The van der Waals surface area contributed by atoms with Crippen molar-refractivity contribution in [1.82, 2.24) is 9.55 Å². The van der Waals surface area contributed by atoms with Crippen molar-refractivity contribution in [2.24, 2.45) is 0 Å². The Morgan fingerprint density at radius 1 is 1.43 bits per heavy atom. The van der Waals surface area contributed by atoms with Gasteiger partial charge < -0.3 is 15.6 Å². The van der Waals surface area contributed by atoms with Crippen molar-refractivity contribution < 1.29 is 4.79 Å². The van der Waals surface area contributed by atoms with Crippen LogP contribution in [-0.4, -0.2) is 15.5 Å². The van der Waals surface area contributed by atoms with E-state index in [4.69, 9.17) is 5.73 Å². The molecule has 3 rings (SSSR count). The Morgan fingerprint density at radius 3 is 3.05 bits per heavy atom. The van der Waals surface area contributed by atoms with Crippen LogP contribution in [-0.2, 0) is 11.3 Å². The Hall–Kier alpha value is -2.19. The summed E-state index contributed by atoms with van der Waals surface area (Å²) in [5, 5.41) is 4.99. The Balaban J connectivity index is 1.66. The highest BCUT2D eigenvalue weighted by Gasteiger charge is 2.08. The fourth-order valence-corrected chi connectivity index (χ4v) is 3.40. The van der Waals surface area contributed by atoms with E-state index in [1.54, 1.807) is 17.6 Å². The lowest BCUT2D eigenvalue weighted by atomic mass is 10.3. The van der Waals surface area contributed by atoms with Gasteiger partial charge in [0, 0.05) is 30.2 Å². The van der Waals surface area contributed by atoms with Gasteiger partial charge in [-0.15, -0.1) is 0 Å². The number of benzene rings is 1. The van der Waals surface area contributed by atoms with Crippen LogP contribution in [0.1, 0.15) is 6.42 Å². The molecule has 0 saturated heterocycles. The zero-order valence-electron chi connectivity index (χ0n) is 10.9. The number of hydrogen-bond donors (Lipinski definition) is 2. The molecule has 0 unspecified atom stereocenters. The van der Waals surface area contributed by atoms with Crippen LogP contribution >= 0.6 is 22.7 Å². The van der Waals surface area contributed by atoms with E-state index in [0.717, 1.165) is 21.6 Å². The van der Waals surface area contributed by atoms with E-state index in [1.807, 2.05) is 12.1 Å². The van der Waals surface area contributed by atoms with Crippen LogP contribution < -0.4 is 15.9 Å². The van der Waals surface area contributed by atoms with Crippen LogP contribution in [0.2, 0.25) is 0 Å². The molecule has 1 aromatic carbocycles. The molecule has 0 fully saturated rings. The number of fused-ring (bicyclic) bond motifs is 1. The van der Waals surface area contributed by atoms with Gasteiger partial charge in [-0.1, -0.05) is 22.7 Å². The predicted octanol–water partition coefficient (Wildman–Crippen LogP) is 2.13. The largest absolute Gasteiger partial charge is 0.399 e. The number of amides is 1. The van der Waals surface area contributed by atoms with Crippen molar-refractivity contribution in [3.8, 4) is 0 Å². The molecule has 3 aromatic rings. The Morgan fingerprint density at radius 2 is 2.29 bits per heavy atom. The SMILES string of the molecule is Nc1ccc2nc(NC(=O)CCn3ccsc3=O)sc2c1. The maximum Gasteiger partial charge on any atom is 0.307 e. The second-order valence-electron chi connectivity index (χ2n) is 4.41. The topological polar surface area (TPSA) is 90.0 Å². The first-order valence-electron chi connectivity index (χ1n) is 6.22. The number of aryl methyl sites for hydroxylation is 1. The fourth-order valence-electron chi connectivity index (χ4n) is 1.85. The van der Waals surface area contributed by atoms with Gasteiger partial charge in [-0.25, -0.2) is 4.98 Å². The van der Waals surface area contributed by atoms with E-state index >= 15 is 0 Å². The number of rotatable bonds is 4. The van der Waals surface area contributed by atoms with Crippen molar-refractivity contribution in [3.63, 3.8) is 0 Å². The molecule has 0 aliphatic rings. The first kappa shape index (κ1) is 13.8. The van der Waals surface area contributed by atoms with E-state index < -0.39 is 0 Å². The maximum absolute atomic E-state index is 11.9. The number of aromatic nitrogens is 2. The van der Waals surface area contributed by atoms with Gasteiger partial charge in [0.05, 0.1) is 10.2 Å². The molecule has 0 radical (unpaired) electrons. The lowest BCUT2D eigenvalue weighted by molar-refractivity contribution is -0.116. The third kappa shape index (κ3) is 3.11. The Bertz CT molecular complexity index is 849. The minimum absolute atomic E-state index is 0.0572. The number of thiazole rings is 2. The van der Waals surface area contributed by atoms with Crippen LogP contribution in [0.3, 0.4) is 0 Å². The van der Waals surface area contributed by atoms with Crippen LogP contribution in [0.4, 0.5) is 10.8 Å². The molecule has 21 heavy (non-hydrogen) atoms. The predicted molar refractivity (Wildman–Crippen MR) is 85.9 cm³/mol. The summed E-state index contributed by atoms with van der Waals surface area (Å²) in [6, 6.07) is 5.42. The molecular weight excluding hydrogens is 308 g/mol. The van der Waals surface area contributed by atoms with Crippen LogP contribution in [0.15, 0.2) is 34.6 Å². The molecular formula is C13H12N4O2S2. The molecule has 1 amide bonds. The minimum Gasteiger partial charge on any atom is -0.399 e. The smallest absolute Gasteiger partial charge is 0.307 e. The van der Waals surface area contributed by atoms with Gasteiger partial charge in [-0.05, 0) is 18.2 Å². The number of hydrogen-bond acceptors (Lipinski definition) is 6. The van der Waals surface area contributed by atoms with Gasteiger partial charge in [0.2, 0.25) is 5.91 Å². The van der Waals surface area contributed by atoms with E-state index in [1.165, 1.54) is 15.9 Å². The highest BCUT2D eigenvalue weighted by atomic mass is 32.1. The molecule has 0 saturated carbocycles. The molecule has 0 atom stereocenters. The van der Waals surface area contributed by atoms with Gasteiger partial charge in [0.25, 0.3) is 0 Å². The summed E-state index contributed by atoms with van der Waals surface area (Å²) in [5.74, 6) is -0.167. The Labute approximate surface area is 127 Å². The lowest BCUT2D eigenvalue weighted by Gasteiger charge is -2.01. The van der Waals surface area contributed by atoms with Crippen molar-refractivity contribution in [1.29, 1.82) is 0 Å². The third-order valence-corrected chi connectivity index (χ3v) is 4.51. The number of nitrogens with zero attached hydrogens (tertiary/aromatic N) is 2. The molecule has 8 heteroatoms. The zero-order chi connectivity index (χ0) is 14.8. The molecule has 0 aliphatic carbocycles. The second-order valence-corrected chi connectivity index (χ2v) is 6.29.